The highest BCUT2D eigenvalue weighted by Crippen LogP contribution is 2.40. The summed E-state index contributed by atoms with van der Waals surface area (Å²) < 4.78 is 44.0. The molecule has 3 rings (SSSR count). The van der Waals surface area contributed by atoms with Crippen LogP contribution in [-0.2, 0) is 16.6 Å². The molecule has 0 saturated heterocycles. The van der Waals surface area contributed by atoms with Gasteiger partial charge < -0.3 is 19.5 Å². The number of nitrogens with one attached hydrogen (secondary N) is 2. The van der Waals surface area contributed by atoms with E-state index >= 15 is 0 Å². The number of halogens is 1. The number of benzene rings is 3. The van der Waals surface area contributed by atoms with Crippen LogP contribution >= 0.6 is 11.6 Å². The minimum Gasteiger partial charge on any atom is -0.493 e. The van der Waals surface area contributed by atoms with Crippen molar-refractivity contribution in [3.05, 3.63) is 76.8 Å². The minimum atomic E-state index is -3.97. The largest absolute Gasteiger partial charge is 0.493 e. The van der Waals surface area contributed by atoms with Gasteiger partial charge in [0, 0.05) is 29.9 Å². The molecular weight excluding hydrogens is 468 g/mol. The topological polar surface area (TPSA) is 103 Å². The van der Waals surface area contributed by atoms with Crippen molar-refractivity contribution in [2.24, 2.45) is 0 Å². The molecule has 0 radical (unpaired) electrons. The lowest BCUT2D eigenvalue weighted by atomic mass is 10.2. The molecule has 3 aromatic rings. The molecule has 0 saturated carbocycles. The van der Waals surface area contributed by atoms with Crippen LogP contribution in [0.25, 0.3) is 0 Å². The van der Waals surface area contributed by atoms with Crippen molar-refractivity contribution < 1.29 is 27.4 Å². The molecule has 0 unspecified atom stereocenters. The molecule has 0 aliphatic heterocycles. The summed E-state index contributed by atoms with van der Waals surface area (Å²) in [6, 6.07) is 16.2. The summed E-state index contributed by atoms with van der Waals surface area (Å²) >= 11 is 6.14. The molecule has 8 nitrogen and oxygen atoms in total. The third-order valence-electron chi connectivity index (χ3n) is 4.71. The van der Waals surface area contributed by atoms with Crippen molar-refractivity contribution in [3.63, 3.8) is 0 Å². The molecule has 0 spiro atoms. The summed E-state index contributed by atoms with van der Waals surface area (Å²) in [4.78, 5) is 12.7. The summed E-state index contributed by atoms with van der Waals surface area (Å²) in [6.45, 7) is 0.0847. The van der Waals surface area contributed by atoms with E-state index in [0.29, 0.717) is 22.9 Å². The van der Waals surface area contributed by atoms with Crippen LogP contribution in [0.2, 0.25) is 5.02 Å². The Labute approximate surface area is 197 Å². The van der Waals surface area contributed by atoms with Crippen molar-refractivity contribution in [1.82, 2.24) is 4.72 Å². The number of hydrogen-bond donors (Lipinski definition) is 2. The second-order valence-corrected chi connectivity index (χ2v) is 8.97. The first-order chi connectivity index (χ1) is 15.8. The molecule has 0 aliphatic carbocycles. The van der Waals surface area contributed by atoms with Gasteiger partial charge in [-0.3, -0.25) is 4.79 Å². The molecular formula is C23H23ClN2O6S. The zero-order valence-electron chi connectivity index (χ0n) is 18.2. The SMILES string of the molecule is COc1cc(NC(=O)c2ccc(Cl)c(S(=O)(=O)NCc3ccccc3)c2)cc(OC)c1OC. The Morgan fingerprint density at radius 1 is 0.909 bits per heavy atom. The van der Waals surface area contributed by atoms with Crippen LogP contribution in [0.5, 0.6) is 17.2 Å². The van der Waals surface area contributed by atoms with Gasteiger partial charge in [0.1, 0.15) is 4.90 Å². The van der Waals surface area contributed by atoms with Crippen LogP contribution in [-0.4, -0.2) is 35.7 Å². The molecule has 0 bridgehead atoms. The van der Waals surface area contributed by atoms with Gasteiger partial charge in [-0.05, 0) is 23.8 Å². The highest BCUT2D eigenvalue weighted by atomic mass is 35.5. The number of carbonyl (C=O) groups excluding carboxylic acids is 1. The lowest BCUT2D eigenvalue weighted by Gasteiger charge is -2.15. The Morgan fingerprint density at radius 2 is 1.55 bits per heavy atom. The van der Waals surface area contributed by atoms with E-state index in [2.05, 4.69) is 10.0 Å². The Hall–Kier alpha value is -3.27. The summed E-state index contributed by atoms with van der Waals surface area (Å²) in [5.41, 5.74) is 1.26. The summed E-state index contributed by atoms with van der Waals surface area (Å²) in [5.74, 6) is 0.552. The Morgan fingerprint density at radius 3 is 2.12 bits per heavy atom. The van der Waals surface area contributed by atoms with Gasteiger partial charge in [-0.1, -0.05) is 41.9 Å². The van der Waals surface area contributed by atoms with Crippen LogP contribution in [0.15, 0.2) is 65.6 Å². The van der Waals surface area contributed by atoms with Crippen LogP contribution in [0.1, 0.15) is 15.9 Å². The van der Waals surface area contributed by atoms with Crippen molar-refractivity contribution in [2.75, 3.05) is 26.6 Å². The quantitative estimate of drug-likeness (QED) is 0.468. The molecule has 0 fully saturated rings. The number of ether oxygens (including phenoxy) is 3. The third kappa shape index (κ3) is 5.75. The number of anilines is 1. The Balaban J connectivity index is 1.85. The summed E-state index contributed by atoms with van der Waals surface area (Å²) in [7, 11) is 0.425. The number of rotatable bonds is 9. The fourth-order valence-electron chi connectivity index (χ4n) is 3.06. The minimum absolute atomic E-state index is 0.0000948. The zero-order valence-corrected chi connectivity index (χ0v) is 19.8. The number of carbonyl (C=O) groups is 1. The number of methoxy groups -OCH3 is 3. The molecule has 3 aromatic carbocycles. The average molecular weight is 491 g/mol. The highest BCUT2D eigenvalue weighted by molar-refractivity contribution is 7.89. The fraction of sp³-hybridized carbons (Fsp3) is 0.174. The monoisotopic (exact) mass is 490 g/mol. The van der Waals surface area contributed by atoms with Crippen LogP contribution < -0.4 is 24.2 Å². The first kappa shape index (κ1) is 24.4. The number of amides is 1. The van der Waals surface area contributed by atoms with E-state index in [1.54, 1.807) is 24.3 Å². The smallest absolute Gasteiger partial charge is 0.255 e. The van der Waals surface area contributed by atoms with E-state index in [0.717, 1.165) is 5.56 Å². The van der Waals surface area contributed by atoms with Gasteiger partial charge in [0.2, 0.25) is 15.8 Å². The molecule has 0 heterocycles. The Kier molecular flexibility index (Phi) is 7.80. The molecule has 174 valence electrons. The van der Waals surface area contributed by atoms with Gasteiger partial charge in [0.25, 0.3) is 5.91 Å². The summed E-state index contributed by atoms with van der Waals surface area (Å²) in [6.07, 6.45) is 0. The van der Waals surface area contributed by atoms with Crippen molar-refractivity contribution in [2.45, 2.75) is 11.4 Å². The summed E-state index contributed by atoms with van der Waals surface area (Å²) in [5, 5.41) is 2.70. The molecule has 0 aromatic heterocycles. The molecule has 0 atom stereocenters. The first-order valence-electron chi connectivity index (χ1n) is 9.73. The van der Waals surface area contributed by atoms with E-state index < -0.39 is 15.9 Å². The maximum atomic E-state index is 12.9. The Bertz CT molecular complexity index is 1220. The van der Waals surface area contributed by atoms with E-state index in [1.807, 2.05) is 18.2 Å². The predicted octanol–water partition coefficient (Wildman–Crippen LogP) is 4.10. The van der Waals surface area contributed by atoms with E-state index in [4.69, 9.17) is 25.8 Å². The van der Waals surface area contributed by atoms with E-state index in [-0.39, 0.29) is 22.0 Å². The van der Waals surface area contributed by atoms with Crippen LogP contribution in [0.3, 0.4) is 0 Å². The lowest BCUT2D eigenvalue weighted by molar-refractivity contribution is 0.102. The van der Waals surface area contributed by atoms with Gasteiger partial charge in [-0.15, -0.1) is 0 Å². The van der Waals surface area contributed by atoms with Gasteiger partial charge in [0.05, 0.1) is 26.4 Å². The van der Waals surface area contributed by atoms with E-state index in [9.17, 15) is 13.2 Å². The highest BCUT2D eigenvalue weighted by Gasteiger charge is 2.21. The van der Waals surface area contributed by atoms with E-state index in [1.165, 1.54) is 39.5 Å². The van der Waals surface area contributed by atoms with Crippen LogP contribution in [0, 0.1) is 0 Å². The average Bonchev–Trinajstić information content (AvgIpc) is 2.82. The maximum absolute atomic E-state index is 12.9. The van der Waals surface area contributed by atoms with Crippen LogP contribution in [0.4, 0.5) is 5.69 Å². The van der Waals surface area contributed by atoms with Crippen molar-refractivity contribution in [3.8, 4) is 17.2 Å². The fourth-order valence-corrected chi connectivity index (χ4v) is 4.60. The van der Waals surface area contributed by atoms with Crippen molar-refractivity contribution in [1.29, 1.82) is 0 Å². The normalized spacial score (nSPS) is 11.0. The standard InChI is InChI=1S/C23H23ClN2O6S/c1-30-19-12-17(13-20(31-2)22(19)32-3)26-23(27)16-9-10-18(24)21(11-16)33(28,29)25-14-15-7-5-4-6-8-15/h4-13,25H,14H2,1-3H3,(H,26,27). The van der Waals surface area contributed by atoms with Gasteiger partial charge in [-0.25, -0.2) is 13.1 Å². The van der Waals surface area contributed by atoms with Gasteiger partial charge >= 0.3 is 0 Å². The predicted molar refractivity (Wildman–Crippen MR) is 126 cm³/mol. The molecule has 0 aliphatic rings. The first-order valence-corrected chi connectivity index (χ1v) is 11.6. The number of sulfonamides is 1. The van der Waals surface area contributed by atoms with Gasteiger partial charge in [0.15, 0.2) is 11.5 Å². The maximum Gasteiger partial charge on any atom is 0.255 e. The lowest BCUT2D eigenvalue weighted by Crippen LogP contribution is -2.24. The van der Waals surface area contributed by atoms with Crippen molar-refractivity contribution >= 4 is 33.2 Å². The molecule has 1 amide bonds. The number of hydrogen-bond acceptors (Lipinski definition) is 6. The molecule has 2 N–H and O–H groups in total. The second-order valence-electron chi connectivity index (χ2n) is 6.82. The van der Waals surface area contributed by atoms with Gasteiger partial charge in [-0.2, -0.15) is 0 Å². The molecule has 33 heavy (non-hydrogen) atoms. The second kappa shape index (κ2) is 10.6. The zero-order chi connectivity index (χ0) is 24.0. The molecule has 10 heteroatoms. The third-order valence-corrected chi connectivity index (χ3v) is 6.60.